The van der Waals surface area contributed by atoms with Gasteiger partial charge in [0.2, 0.25) is 0 Å². The van der Waals surface area contributed by atoms with E-state index in [4.69, 9.17) is 23.2 Å². The monoisotopic (exact) mass is 465 g/mol. The summed E-state index contributed by atoms with van der Waals surface area (Å²) in [5, 5.41) is 11.8. The first kappa shape index (κ1) is 22.1. The Hall–Kier alpha value is -3.08. The van der Waals surface area contributed by atoms with E-state index in [-0.39, 0.29) is 16.4 Å². The van der Waals surface area contributed by atoms with Gasteiger partial charge in [-0.3, -0.25) is 14.5 Å². The summed E-state index contributed by atoms with van der Waals surface area (Å²) in [6.45, 7) is 3.97. The zero-order valence-corrected chi connectivity index (χ0v) is 19.1. The molecule has 1 amide bonds. The van der Waals surface area contributed by atoms with Gasteiger partial charge < -0.3 is 5.11 Å². The van der Waals surface area contributed by atoms with Gasteiger partial charge in [-0.2, -0.15) is 0 Å². The summed E-state index contributed by atoms with van der Waals surface area (Å²) in [6.07, 6.45) is 0.853. The van der Waals surface area contributed by atoms with E-state index in [0.29, 0.717) is 21.8 Å². The number of halogens is 2. The third-order valence-electron chi connectivity index (χ3n) is 5.62. The van der Waals surface area contributed by atoms with Gasteiger partial charge in [0.25, 0.3) is 11.7 Å². The summed E-state index contributed by atoms with van der Waals surface area (Å²) in [7, 11) is 0. The normalized spacial score (nSPS) is 17.8. The second-order valence-electron chi connectivity index (χ2n) is 7.73. The molecule has 0 bridgehead atoms. The molecule has 6 heteroatoms. The van der Waals surface area contributed by atoms with Gasteiger partial charge in [0.05, 0.1) is 21.7 Å². The van der Waals surface area contributed by atoms with Crippen LogP contribution in [0, 0.1) is 6.92 Å². The van der Waals surface area contributed by atoms with E-state index in [0.717, 1.165) is 17.5 Å². The van der Waals surface area contributed by atoms with Crippen LogP contribution in [-0.4, -0.2) is 16.8 Å². The largest absolute Gasteiger partial charge is 0.507 e. The maximum Gasteiger partial charge on any atom is 0.300 e. The average Bonchev–Trinajstić information content (AvgIpc) is 3.06. The number of aliphatic hydroxyl groups is 1. The van der Waals surface area contributed by atoms with Crippen molar-refractivity contribution in [3.8, 4) is 0 Å². The topological polar surface area (TPSA) is 57.6 Å². The number of Topliss-reactive ketones (excluding diaryl/α,β-unsaturated/α-hetero) is 1. The van der Waals surface area contributed by atoms with Crippen molar-refractivity contribution in [2.75, 3.05) is 4.90 Å². The third-order valence-corrected chi connectivity index (χ3v) is 6.36. The lowest BCUT2D eigenvalue weighted by Crippen LogP contribution is -2.29. The second kappa shape index (κ2) is 8.81. The summed E-state index contributed by atoms with van der Waals surface area (Å²) in [5.74, 6) is -1.69. The van der Waals surface area contributed by atoms with Crippen molar-refractivity contribution < 1.29 is 14.7 Å². The maximum absolute atomic E-state index is 13.2. The van der Waals surface area contributed by atoms with Crippen LogP contribution in [0.4, 0.5) is 5.69 Å². The predicted octanol–water partition coefficient (Wildman–Crippen LogP) is 6.49. The molecule has 0 saturated carbocycles. The van der Waals surface area contributed by atoms with Crippen molar-refractivity contribution in [2.45, 2.75) is 26.3 Å². The van der Waals surface area contributed by atoms with E-state index in [1.807, 2.05) is 50.2 Å². The molecule has 3 aromatic carbocycles. The fraction of sp³-hybridized carbons (Fsp3) is 0.154. The number of amides is 1. The number of aliphatic hydroxyl groups excluding tert-OH is 1. The molecule has 4 nitrogen and oxygen atoms in total. The molecule has 3 aromatic rings. The van der Waals surface area contributed by atoms with Gasteiger partial charge in [-0.25, -0.2) is 0 Å². The first-order valence-electron chi connectivity index (χ1n) is 10.2. The standard InChI is InChI=1S/C26H21Cl2NO3/c1-3-16-7-9-17(10-8-16)24(30)22-23(18-6-4-5-15(2)13-18)29(26(32)25(22)31)19-11-12-20(27)21(28)14-19/h4-14,23,30H,3H2,1-2H3/b24-22+. The van der Waals surface area contributed by atoms with Gasteiger partial charge >= 0.3 is 0 Å². The maximum atomic E-state index is 13.2. The van der Waals surface area contributed by atoms with E-state index in [2.05, 4.69) is 0 Å². The van der Waals surface area contributed by atoms with Crippen LogP contribution >= 0.6 is 23.2 Å². The number of rotatable bonds is 4. The lowest BCUT2D eigenvalue weighted by Gasteiger charge is -2.26. The fourth-order valence-electron chi connectivity index (χ4n) is 3.94. The Morgan fingerprint density at radius 1 is 0.969 bits per heavy atom. The molecule has 0 aliphatic carbocycles. The van der Waals surface area contributed by atoms with E-state index in [1.54, 1.807) is 30.3 Å². The van der Waals surface area contributed by atoms with Crippen LogP contribution in [0.15, 0.2) is 72.3 Å². The summed E-state index contributed by atoms with van der Waals surface area (Å²) in [5.41, 5.74) is 3.72. The Balaban J connectivity index is 1.94. The number of hydrogen-bond donors (Lipinski definition) is 1. The lowest BCUT2D eigenvalue weighted by atomic mass is 9.94. The van der Waals surface area contributed by atoms with Crippen LogP contribution in [0.5, 0.6) is 0 Å². The van der Waals surface area contributed by atoms with Crippen LogP contribution in [0.3, 0.4) is 0 Å². The summed E-state index contributed by atoms with van der Waals surface area (Å²) in [6, 6.07) is 18.8. The summed E-state index contributed by atoms with van der Waals surface area (Å²) in [4.78, 5) is 27.7. The molecule has 1 atom stereocenters. The molecular weight excluding hydrogens is 445 g/mol. The highest BCUT2D eigenvalue weighted by Gasteiger charge is 2.47. The van der Waals surface area contributed by atoms with E-state index < -0.39 is 17.7 Å². The molecule has 1 fully saturated rings. The highest BCUT2D eigenvalue weighted by atomic mass is 35.5. The van der Waals surface area contributed by atoms with E-state index in [1.165, 1.54) is 4.90 Å². The lowest BCUT2D eigenvalue weighted by molar-refractivity contribution is -0.132. The number of carbonyl (C=O) groups excluding carboxylic acids is 2. The highest BCUT2D eigenvalue weighted by Crippen LogP contribution is 2.43. The van der Waals surface area contributed by atoms with Crippen LogP contribution in [0.1, 0.15) is 35.2 Å². The number of nitrogens with zero attached hydrogens (tertiary/aromatic N) is 1. The quantitative estimate of drug-likeness (QED) is 0.272. The molecule has 162 valence electrons. The second-order valence-corrected chi connectivity index (χ2v) is 8.55. The van der Waals surface area contributed by atoms with Crippen LogP contribution < -0.4 is 4.90 Å². The van der Waals surface area contributed by atoms with Gasteiger partial charge in [0, 0.05) is 11.3 Å². The Kier molecular flexibility index (Phi) is 6.09. The first-order chi connectivity index (χ1) is 15.3. The van der Waals surface area contributed by atoms with Crippen LogP contribution in [0.25, 0.3) is 5.76 Å². The summed E-state index contributed by atoms with van der Waals surface area (Å²) >= 11 is 12.3. The third kappa shape index (κ3) is 3.92. The molecule has 4 rings (SSSR count). The number of anilines is 1. The first-order valence-corrected chi connectivity index (χ1v) is 11.0. The smallest absolute Gasteiger partial charge is 0.300 e. The van der Waals surface area contributed by atoms with E-state index in [9.17, 15) is 14.7 Å². The Labute approximate surface area is 196 Å². The molecule has 0 radical (unpaired) electrons. The van der Waals surface area contributed by atoms with Crippen molar-refractivity contribution in [2.24, 2.45) is 0 Å². The summed E-state index contributed by atoms with van der Waals surface area (Å²) < 4.78 is 0. The van der Waals surface area contributed by atoms with Gasteiger partial charge in [-0.05, 0) is 42.7 Å². The Bertz CT molecular complexity index is 1250. The van der Waals surface area contributed by atoms with Crippen molar-refractivity contribution in [1.29, 1.82) is 0 Å². The minimum Gasteiger partial charge on any atom is -0.507 e. The molecule has 0 spiro atoms. The Morgan fingerprint density at radius 2 is 1.69 bits per heavy atom. The van der Waals surface area contributed by atoms with Crippen molar-refractivity contribution in [3.63, 3.8) is 0 Å². The zero-order chi connectivity index (χ0) is 23.0. The number of carbonyl (C=O) groups is 2. The Morgan fingerprint density at radius 3 is 2.31 bits per heavy atom. The van der Waals surface area contributed by atoms with Gasteiger partial charge in [-0.15, -0.1) is 0 Å². The van der Waals surface area contributed by atoms with E-state index >= 15 is 0 Å². The van der Waals surface area contributed by atoms with Gasteiger partial charge in [0.1, 0.15) is 5.76 Å². The molecule has 0 aromatic heterocycles. The SMILES string of the molecule is CCc1ccc(/C(O)=C2\C(=O)C(=O)N(c3ccc(Cl)c(Cl)c3)C2c2cccc(C)c2)cc1. The fourth-order valence-corrected chi connectivity index (χ4v) is 4.24. The molecule has 1 unspecified atom stereocenters. The molecule has 1 aliphatic rings. The minimum absolute atomic E-state index is 0.0379. The van der Waals surface area contributed by atoms with Crippen molar-refractivity contribution in [3.05, 3.63) is 105 Å². The molecule has 1 N–H and O–H groups in total. The molecule has 1 heterocycles. The zero-order valence-electron chi connectivity index (χ0n) is 17.6. The van der Waals surface area contributed by atoms with Gasteiger partial charge in [0.15, 0.2) is 0 Å². The van der Waals surface area contributed by atoms with Crippen molar-refractivity contribution in [1.82, 2.24) is 0 Å². The molecule has 1 saturated heterocycles. The number of hydrogen-bond acceptors (Lipinski definition) is 3. The van der Waals surface area contributed by atoms with Gasteiger partial charge in [-0.1, -0.05) is 84.2 Å². The minimum atomic E-state index is -0.807. The average molecular weight is 466 g/mol. The number of aryl methyl sites for hydroxylation is 2. The predicted molar refractivity (Wildman–Crippen MR) is 128 cm³/mol. The molecular formula is C26H21Cl2NO3. The van der Waals surface area contributed by atoms with Crippen molar-refractivity contribution >= 4 is 46.3 Å². The molecule has 32 heavy (non-hydrogen) atoms. The number of benzene rings is 3. The van der Waals surface area contributed by atoms with Crippen LogP contribution in [-0.2, 0) is 16.0 Å². The van der Waals surface area contributed by atoms with Crippen LogP contribution in [0.2, 0.25) is 10.0 Å². The molecule has 1 aliphatic heterocycles. The number of ketones is 1. The highest BCUT2D eigenvalue weighted by molar-refractivity contribution is 6.52.